The Morgan fingerprint density at radius 2 is 1.79 bits per heavy atom. The largest absolute Gasteiger partial charge is 0.494 e. The molecule has 7 heteroatoms. The number of aryl methyl sites for hydroxylation is 1. The van der Waals surface area contributed by atoms with Gasteiger partial charge in [0, 0.05) is 0 Å². The van der Waals surface area contributed by atoms with Gasteiger partial charge >= 0.3 is 5.97 Å². The predicted octanol–water partition coefficient (Wildman–Crippen LogP) is 3.95. The van der Waals surface area contributed by atoms with Gasteiger partial charge in [-0.15, -0.1) is 6.58 Å². The van der Waals surface area contributed by atoms with Crippen LogP contribution in [-0.4, -0.2) is 34.1 Å². The lowest BCUT2D eigenvalue weighted by Crippen LogP contribution is -2.32. The molecule has 0 aromatic heterocycles. The van der Waals surface area contributed by atoms with Gasteiger partial charge in [0.15, 0.2) is 0 Å². The van der Waals surface area contributed by atoms with Crippen molar-refractivity contribution in [2.24, 2.45) is 0 Å². The molecule has 2 aromatic carbocycles. The van der Waals surface area contributed by atoms with Gasteiger partial charge in [0.1, 0.15) is 5.75 Å². The third kappa shape index (κ3) is 4.72. The first kappa shape index (κ1) is 21.5. The third-order valence-electron chi connectivity index (χ3n) is 4.01. The molecule has 0 saturated carbocycles. The van der Waals surface area contributed by atoms with Gasteiger partial charge in [0.25, 0.3) is 10.0 Å². The molecule has 0 unspecified atom stereocenters. The lowest BCUT2D eigenvalue weighted by Gasteiger charge is -2.25. The fourth-order valence-corrected chi connectivity index (χ4v) is 4.16. The Hall–Kier alpha value is -2.80. The highest BCUT2D eigenvalue weighted by Crippen LogP contribution is 2.29. The molecule has 0 saturated heterocycles. The van der Waals surface area contributed by atoms with Crippen molar-refractivity contribution in [2.45, 2.75) is 25.7 Å². The van der Waals surface area contributed by atoms with E-state index >= 15 is 0 Å². The Bertz CT molecular complexity index is 936. The first-order valence-corrected chi connectivity index (χ1v) is 10.4. The van der Waals surface area contributed by atoms with E-state index in [-0.39, 0.29) is 18.0 Å². The van der Waals surface area contributed by atoms with Crippen LogP contribution in [0.4, 0.5) is 5.69 Å². The number of ether oxygens (including phenoxy) is 2. The number of benzene rings is 2. The summed E-state index contributed by atoms with van der Waals surface area (Å²) in [6, 6.07) is 11.1. The van der Waals surface area contributed by atoms with E-state index in [0.29, 0.717) is 29.2 Å². The monoisotopic (exact) mass is 403 g/mol. The second-order valence-electron chi connectivity index (χ2n) is 5.95. The summed E-state index contributed by atoms with van der Waals surface area (Å²) in [5.41, 5.74) is 1.40. The lowest BCUT2D eigenvalue weighted by atomic mass is 10.1. The number of sulfonamides is 1. The van der Waals surface area contributed by atoms with Crippen LogP contribution >= 0.6 is 0 Å². The zero-order chi connectivity index (χ0) is 20.7. The minimum Gasteiger partial charge on any atom is -0.494 e. The maximum absolute atomic E-state index is 13.3. The average molecular weight is 404 g/mol. The van der Waals surface area contributed by atoms with Gasteiger partial charge in [-0.3, -0.25) is 4.31 Å². The number of rotatable bonds is 9. The maximum Gasteiger partial charge on any atom is 0.338 e. The minimum atomic E-state index is -3.87. The Kier molecular flexibility index (Phi) is 7.23. The SMILES string of the molecule is C=CCN(c1cc(C(=O)OCC)ccc1C)S(=O)(=O)c1ccc(OCC)cc1. The third-order valence-corrected chi connectivity index (χ3v) is 5.80. The van der Waals surface area contributed by atoms with Gasteiger partial charge in [-0.25, -0.2) is 13.2 Å². The van der Waals surface area contributed by atoms with Crippen molar-refractivity contribution in [1.82, 2.24) is 0 Å². The van der Waals surface area contributed by atoms with E-state index in [2.05, 4.69) is 6.58 Å². The van der Waals surface area contributed by atoms with E-state index in [1.165, 1.54) is 28.6 Å². The molecule has 0 N–H and O–H groups in total. The van der Waals surface area contributed by atoms with Gasteiger partial charge < -0.3 is 9.47 Å². The highest BCUT2D eigenvalue weighted by molar-refractivity contribution is 7.92. The van der Waals surface area contributed by atoms with Crippen molar-refractivity contribution in [3.8, 4) is 5.75 Å². The van der Waals surface area contributed by atoms with Crippen molar-refractivity contribution in [3.05, 3.63) is 66.2 Å². The number of esters is 1. The number of hydrogen-bond donors (Lipinski definition) is 0. The predicted molar refractivity (Wildman–Crippen MR) is 109 cm³/mol. The molecule has 0 atom stereocenters. The van der Waals surface area contributed by atoms with E-state index in [1.807, 2.05) is 6.92 Å². The molecule has 28 heavy (non-hydrogen) atoms. The first-order valence-electron chi connectivity index (χ1n) is 8.99. The highest BCUT2D eigenvalue weighted by Gasteiger charge is 2.26. The molecule has 6 nitrogen and oxygen atoms in total. The van der Waals surface area contributed by atoms with Crippen molar-refractivity contribution >= 4 is 21.7 Å². The molecule has 0 spiro atoms. The number of carbonyl (C=O) groups is 1. The van der Waals surface area contributed by atoms with Crippen LogP contribution in [0.2, 0.25) is 0 Å². The van der Waals surface area contributed by atoms with Crippen LogP contribution in [0.1, 0.15) is 29.8 Å². The van der Waals surface area contributed by atoms with Crippen LogP contribution in [0.3, 0.4) is 0 Å². The number of anilines is 1. The van der Waals surface area contributed by atoms with Crippen LogP contribution in [0.5, 0.6) is 5.75 Å². The number of nitrogens with zero attached hydrogens (tertiary/aromatic N) is 1. The molecule has 2 aromatic rings. The Balaban J connectivity index is 2.50. The van der Waals surface area contributed by atoms with Gasteiger partial charge in [0.2, 0.25) is 0 Å². The summed E-state index contributed by atoms with van der Waals surface area (Å²) >= 11 is 0. The van der Waals surface area contributed by atoms with E-state index in [0.717, 1.165) is 0 Å². The molecule has 0 bridgehead atoms. The molecule has 0 radical (unpaired) electrons. The Morgan fingerprint density at radius 3 is 2.36 bits per heavy atom. The molecule has 2 rings (SSSR count). The summed E-state index contributed by atoms with van der Waals surface area (Å²) in [4.78, 5) is 12.2. The summed E-state index contributed by atoms with van der Waals surface area (Å²) < 4.78 is 38.2. The van der Waals surface area contributed by atoms with Gasteiger partial charge in [-0.05, 0) is 62.7 Å². The second-order valence-corrected chi connectivity index (χ2v) is 7.81. The smallest absolute Gasteiger partial charge is 0.338 e. The summed E-state index contributed by atoms with van der Waals surface area (Å²) in [5.74, 6) is 0.0954. The summed E-state index contributed by atoms with van der Waals surface area (Å²) in [7, 11) is -3.87. The minimum absolute atomic E-state index is 0.0582. The fourth-order valence-electron chi connectivity index (χ4n) is 2.66. The molecule has 150 valence electrons. The zero-order valence-electron chi connectivity index (χ0n) is 16.3. The van der Waals surface area contributed by atoms with Crippen LogP contribution in [0.25, 0.3) is 0 Å². The van der Waals surface area contributed by atoms with Crippen LogP contribution < -0.4 is 9.04 Å². The molecule has 0 aliphatic carbocycles. The van der Waals surface area contributed by atoms with E-state index in [9.17, 15) is 13.2 Å². The Labute approximate surface area is 166 Å². The van der Waals surface area contributed by atoms with Gasteiger partial charge in [-0.1, -0.05) is 12.1 Å². The first-order chi connectivity index (χ1) is 13.3. The molecular weight excluding hydrogens is 378 g/mol. The highest BCUT2D eigenvalue weighted by atomic mass is 32.2. The van der Waals surface area contributed by atoms with Gasteiger partial charge in [0.05, 0.1) is 35.9 Å². The van der Waals surface area contributed by atoms with Crippen molar-refractivity contribution < 1.29 is 22.7 Å². The van der Waals surface area contributed by atoms with Gasteiger partial charge in [-0.2, -0.15) is 0 Å². The fraction of sp³-hybridized carbons (Fsp3) is 0.286. The number of hydrogen-bond acceptors (Lipinski definition) is 5. The zero-order valence-corrected chi connectivity index (χ0v) is 17.2. The van der Waals surface area contributed by atoms with Crippen LogP contribution in [0.15, 0.2) is 60.0 Å². The summed E-state index contributed by atoms with van der Waals surface area (Å²) in [6.45, 7) is 9.82. The lowest BCUT2D eigenvalue weighted by molar-refractivity contribution is 0.0526. The Morgan fingerprint density at radius 1 is 1.11 bits per heavy atom. The van der Waals surface area contributed by atoms with Crippen molar-refractivity contribution in [1.29, 1.82) is 0 Å². The molecule has 0 fully saturated rings. The summed E-state index contributed by atoms with van der Waals surface area (Å²) in [5, 5.41) is 0. The number of carbonyl (C=O) groups excluding carboxylic acids is 1. The van der Waals surface area contributed by atoms with E-state index in [1.54, 1.807) is 38.1 Å². The molecular formula is C21H25NO5S. The molecule has 0 amide bonds. The normalized spacial score (nSPS) is 11.0. The van der Waals surface area contributed by atoms with Crippen LogP contribution in [-0.2, 0) is 14.8 Å². The molecule has 0 aliphatic rings. The average Bonchev–Trinajstić information content (AvgIpc) is 2.67. The quantitative estimate of drug-likeness (QED) is 0.468. The second kappa shape index (κ2) is 9.41. The topological polar surface area (TPSA) is 72.9 Å². The van der Waals surface area contributed by atoms with E-state index in [4.69, 9.17) is 9.47 Å². The van der Waals surface area contributed by atoms with E-state index < -0.39 is 16.0 Å². The summed E-state index contributed by atoms with van der Waals surface area (Å²) in [6.07, 6.45) is 1.50. The van der Waals surface area contributed by atoms with Crippen molar-refractivity contribution in [2.75, 3.05) is 24.1 Å². The van der Waals surface area contributed by atoms with Crippen LogP contribution in [0, 0.1) is 6.92 Å². The van der Waals surface area contributed by atoms with Crippen molar-refractivity contribution in [3.63, 3.8) is 0 Å². The molecule has 0 aliphatic heterocycles. The maximum atomic E-state index is 13.3. The molecule has 0 heterocycles. The standard InChI is InChI=1S/C21H25NO5S/c1-5-14-22(20-15-17(9-8-16(20)4)21(23)27-7-3)28(24,25)19-12-10-18(11-13-19)26-6-2/h5,8-13,15H,1,6-7,14H2,2-4H3.